The summed E-state index contributed by atoms with van der Waals surface area (Å²) < 4.78 is 0. The van der Waals surface area contributed by atoms with Crippen LogP contribution in [0.4, 0.5) is 5.69 Å². The van der Waals surface area contributed by atoms with Crippen molar-refractivity contribution in [3.63, 3.8) is 0 Å². The van der Waals surface area contributed by atoms with E-state index < -0.39 is 0 Å². The molecule has 0 fully saturated rings. The molecule has 0 bridgehead atoms. The second-order valence-electron chi connectivity index (χ2n) is 4.36. The average molecular weight is 310 g/mol. The molecule has 20 heavy (non-hydrogen) atoms. The van der Waals surface area contributed by atoms with Gasteiger partial charge in [0.15, 0.2) is 0 Å². The molecule has 0 aliphatic heterocycles. The Morgan fingerprint density at radius 1 is 1.35 bits per heavy atom. The number of aromatic nitrogens is 1. The standard InChI is InChI=1S/C14H13Cl2N3O/c1-19(8-9-4-2-3-5-12(9)15)14(20)11-6-10(17)7-18-13(11)16/h2-7H,8,17H2,1H3. The summed E-state index contributed by atoms with van der Waals surface area (Å²) in [7, 11) is 1.67. The maximum Gasteiger partial charge on any atom is 0.257 e. The second-order valence-corrected chi connectivity index (χ2v) is 5.12. The molecule has 2 aromatic rings. The number of halogens is 2. The molecule has 2 rings (SSSR count). The molecule has 1 heterocycles. The SMILES string of the molecule is CN(Cc1ccccc1Cl)C(=O)c1cc(N)cnc1Cl. The van der Waals surface area contributed by atoms with E-state index in [2.05, 4.69) is 4.98 Å². The zero-order chi connectivity index (χ0) is 14.7. The summed E-state index contributed by atoms with van der Waals surface area (Å²) in [5.41, 5.74) is 7.16. The molecule has 0 atom stereocenters. The lowest BCUT2D eigenvalue weighted by atomic mass is 10.2. The van der Waals surface area contributed by atoms with Gasteiger partial charge in [-0.15, -0.1) is 0 Å². The molecule has 0 aliphatic carbocycles. The maximum atomic E-state index is 12.3. The van der Waals surface area contributed by atoms with E-state index in [1.54, 1.807) is 13.1 Å². The van der Waals surface area contributed by atoms with Crippen LogP contribution in [0.25, 0.3) is 0 Å². The molecule has 0 unspecified atom stereocenters. The first-order chi connectivity index (χ1) is 9.49. The molecule has 0 radical (unpaired) electrons. The van der Waals surface area contributed by atoms with Crippen LogP contribution in [0.2, 0.25) is 10.2 Å². The summed E-state index contributed by atoms with van der Waals surface area (Å²) in [6, 6.07) is 8.87. The van der Waals surface area contributed by atoms with Gasteiger partial charge in [0.1, 0.15) is 5.15 Å². The molecule has 1 aromatic heterocycles. The quantitative estimate of drug-likeness (QED) is 0.885. The van der Waals surface area contributed by atoms with Crippen molar-refractivity contribution >= 4 is 34.8 Å². The molecule has 104 valence electrons. The van der Waals surface area contributed by atoms with Gasteiger partial charge in [0.25, 0.3) is 5.91 Å². The number of pyridine rings is 1. The highest BCUT2D eigenvalue weighted by Gasteiger charge is 2.17. The first kappa shape index (κ1) is 14.6. The summed E-state index contributed by atoms with van der Waals surface area (Å²) in [4.78, 5) is 17.7. The van der Waals surface area contributed by atoms with E-state index in [-0.39, 0.29) is 16.6 Å². The van der Waals surface area contributed by atoms with E-state index in [4.69, 9.17) is 28.9 Å². The average Bonchev–Trinajstić information content (AvgIpc) is 2.43. The first-order valence-electron chi connectivity index (χ1n) is 5.89. The molecular formula is C14H13Cl2N3O. The number of nitrogen functional groups attached to an aromatic ring is 1. The van der Waals surface area contributed by atoms with Gasteiger partial charge in [-0.25, -0.2) is 4.98 Å². The van der Waals surface area contributed by atoms with Crippen LogP contribution in [-0.4, -0.2) is 22.8 Å². The normalized spacial score (nSPS) is 10.3. The smallest absolute Gasteiger partial charge is 0.257 e. The highest BCUT2D eigenvalue weighted by atomic mass is 35.5. The number of hydrogen-bond acceptors (Lipinski definition) is 3. The van der Waals surface area contributed by atoms with Gasteiger partial charge < -0.3 is 10.6 Å². The molecule has 6 heteroatoms. The second kappa shape index (κ2) is 6.11. The van der Waals surface area contributed by atoms with Crippen LogP contribution in [0, 0.1) is 0 Å². The Bertz CT molecular complexity index is 646. The summed E-state index contributed by atoms with van der Waals surface area (Å²) in [6.45, 7) is 0.379. The van der Waals surface area contributed by atoms with Crippen LogP contribution in [0.5, 0.6) is 0 Å². The Hall–Kier alpha value is -1.78. The number of amides is 1. The van der Waals surface area contributed by atoms with Gasteiger partial charge in [-0.2, -0.15) is 0 Å². The Morgan fingerprint density at radius 2 is 2.05 bits per heavy atom. The number of hydrogen-bond donors (Lipinski definition) is 1. The number of anilines is 1. The Morgan fingerprint density at radius 3 is 2.75 bits per heavy atom. The van der Waals surface area contributed by atoms with Gasteiger partial charge in [-0.05, 0) is 17.7 Å². The largest absolute Gasteiger partial charge is 0.397 e. The van der Waals surface area contributed by atoms with Crippen molar-refractivity contribution in [2.45, 2.75) is 6.54 Å². The number of rotatable bonds is 3. The van der Waals surface area contributed by atoms with Gasteiger partial charge >= 0.3 is 0 Å². The first-order valence-corrected chi connectivity index (χ1v) is 6.64. The van der Waals surface area contributed by atoms with Gasteiger partial charge in [-0.1, -0.05) is 41.4 Å². The molecule has 0 aliphatic rings. The fraction of sp³-hybridized carbons (Fsp3) is 0.143. The van der Waals surface area contributed by atoms with Crippen molar-refractivity contribution in [1.29, 1.82) is 0 Å². The number of nitrogens with zero attached hydrogens (tertiary/aromatic N) is 2. The molecule has 0 saturated heterocycles. The van der Waals surface area contributed by atoms with Crippen LogP contribution in [0.15, 0.2) is 36.5 Å². The van der Waals surface area contributed by atoms with E-state index in [0.717, 1.165) is 5.56 Å². The topological polar surface area (TPSA) is 59.2 Å². The Kier molecular flexibility index (Phi) is 4.47. The van der Waals surface area contributed by atoms with Gasteiger partial charge in [-0.3, -0.25) is 4.79 Å². The minimum Gasteiger partial charge on any atom is -0.397 e. The van der Waals surface area contributed by atoms with E-state index in [0.29, 0.717) is 17.3 Å². The van der Waals surface area contributed by atoms with Crippen LogP contribution >= 0.6 is 23.2 Å². The van der Waals surface area contributed by atoms with Crippen molar-refractivity contribution in [1.82, 2.24) is 9.88 Å². The zero-order valence-electron chi connectivity index (χ0n) is 10.8. The van der Waals surface area contributed by atoms with E-state index in [1.807, 2.05) is 18.2 Å². The molecule has 1 aromatic carbocycles. The monoisotopic (exact) mass is 309 g/mol. The van der Waals surface area contributed by atoms with Gasteiger partial charge in [0.2, 0.25) is 0 Å². The molecule has 4 nitrogen and oxygen atoms in total. The number of carbonyl (C=O) groups excluding carboxylic acids is 1. The highest BCUT2D eigenvalue weighted by molar-refractivity contribution is 6.32. The maximum absolute atomic E-state index is 12.3. The van der Waals surface area contributed by atoms with Gasteiger partial charge in [0.05, 0.1) is 17.4 Å². The van der Waals surface area contributed by atoms with Gasteiger partial charge in [0, 0.05) is 18.6 Å². The lowest BCUT2D eigenvalue weighted by molar-refractivity contribution is 0.0785. The summed E-state index contributed by atoms with van der Waals surface area (Å²) in [6.07, 6.45) is 1.41. The van der Waals surface area contributed by atoms with Crippen molar-refractivity contribution in [2.75, 3.05) is 12.8 Å². The van der Waals surface area contributed by atoms with Crippen LogP contribution in [0.3, 0.4) is 0 Å². The molecule has 2 N–H and O–H groups in total. The molecule has 1 amide bonds. The third-order valence-corrected chi connectivity index (χ3v) is 3.47. The zero-order valence-corrected chi connectivity index (χ0v) is 12.3. The third-order valence-electron chi connectivity index (χ3n) is 2.80. The minimum atomic E-state index is -0.255. The van der Waals surface area contributed by atoms with Crippen LogP contribution < -0.4 is 5.73 Å². The summed E-state index contributed by atoms with van der Waals surface area (Å²) in [5, 5.41) is 0.749. The van der Waals surface area contributed by atoms with Crippen LogP contribution in [0.1, 0.15) is 15.9 Å². The summed E-state index contributed by atoms with van der Waals surface area (Å²) >= 11 is 12.0. The predicted octanol–water partition coefficient (Wildman–Crippen LogP) is 3.24. The number of carbonyl (C=O) groups is 1. The van der Waals surface area contributed by atoms with Crippen molar-refractivity contribution in [3.05, 3.63) is 57.8 Å². The van der Waals surface area contributed by atoms with Crippen molar-refractivity contribution in [3.8, 4) is 0 Å². The predicted molar refractivity (Wildman–Crippen MR) is 80.9 cm³/mol. The fourth-order valence-electron chi connectivity index (χ4n) is 1.77. The fourth-order valence-corrected chi connectivity index (χ4v) is 2.15. The lowest BCUT2D eigenvalue weighted by Crippen LogP contribution is -2.26. The molecule has 0 saturated carbocycles. The lowest BCUT2D eigenvalue weighted by Gasteiger charge is -2.18. The molecular weight excluding hydrogens is 297 g/mol. The molecule has 0 spiro atoms. The Labute approximate surface area is 127 Å². The number of benzene rings is 1. The van der Waals surface area contributed by atoms with Crippen LogP contribution in [-0.2, 0) is 6.54 Å². The van der Waals surface area contributed by atoms with E-state index in [1.165, 1.54) is 17.2 Å². The summed E-state index contributed by atoms with van der Waals surface area (Å²) in [5.74, 6) is -0.255. The van der Waals surface area contributed by atoms with E-state index >= 15 is 0 Å². The minimum absolute atomic E-state index is 0.134. The van der Waals surface area contributed by atoms with Crippen molar-refractivity contribution < 1.29 is 4.79 Å². The van der Waals surface area contributed by atoms with Crippen molar-refractivity contribution in [2.24, 2.45) is 0 Å². The number of nitrogens with two attached hydrogens (primary N) is 1. The highest BCUT2D eigenvalue weighted by Crippen LogP contribution is 2.20. The third kappa shape index (κ3) is 3.21. The van der Waals surface area contributed by atoms with E-state index in [9.17, 15) is 4.79 Å². The Balaban J connectivity index is 2.21.